The highest BCUT2D eigenvalue weighted by Gasteiger charge is 2.43. The first-order valence-electron chi connectivity index (χ1n) is 13.3. The van der Waals surface area contributed by atoms with E-state index in [0.717, 1.165) is 50.4 Å². The molecule has 0 unspecified atom stereocenters. The maximum atomic E-state index is 15.0. The van der Waals surface area contributed by atoms with Crippen molar-refractivity contribution in [2.24, 2.45) is 5.92 Å². The third-order valence-electron chi connectivity index (χ3n) is 7.17. The lowest BCUT2D eigenvalue weighted by molar-refractivity contribution is -0.174. The second-order valence-corrected chi connectivity index (χ2v) is 10.9. The average Bonchev–Trinajstić information content (AvgIpc) is 2.90. The first-order valence-corrected chi connectivity index (χ1v) is 13.3. The standard InChI is InChI=1S/C28H33F4N7O/c1-17(2)39-16-28(31,32)40-26-21(29)11-19(12-23(26)39)25-22(30)14-34-27(36-25)35-24-6-5-20(13-33-24)38-9-7-18(8-10-38)15-37(3)4/h5-6,11-14,17-18H,7-10,15-16H2,1-4H3,(H,33,34,35,36). The van der Waals surface area contributed by atoms with E-state index in [0.29, 0.717) is 11.7 Å². The predicted molar refractivity (Wildman–Crippen MR) is 146 cm³/mol. The minimum atomic E-state index is -3.55. The number of pyridine rings is 1. The van der Waals surface area contributed by atoms with Crippen LogP contribution >= 0.6 is 0 Å². The molecule has 40 heavy (non-hydrogen) atoms. The summed E-state index contributed by atoms with van der Waals surface area (Å²) in [4.78, 5) is 18.6. The van der Waals surface area contributed by atoms with Crippen molar-refractivity contribution in [2.45, 2.75) is 38.8 Å². The largest absolute Gasteiger partial charge is 0.426 e. The lowest BCUT2D eigenvalue weighted by atomic mass is 9.96. The van der Waals surface area contributed by atoms with Crippen molar-refractivity contribution in [3.05, 3.63) is 48.3 Å². The number of anilines is 4. The van der Waals surface area contributed by atoms with Crippen LogP contribution in [0.15, 0.2) is 36.7 Å². The summed E-state index contributed by atoms with van der Waals surface area (Å²) in [6.45, 7) is 5.67. The van der Waals surface area contributed by atoms with E-state index in [1.54, 1.807) is 26.1 Å². The molecule has 0 amide bonds. The molecule has 0 radical (unpaired) electrons. The van der Waals surface area contributed by atoms with E-state index >= 15 is 0 Å². The molecule has 5 rings (SSSR count). The highest BCUT2D eigenvalue weighted by molar-refractivity contribution is 5.73. The van der Waals surface area contributed by atoms with Gasteiger partial charge >= 0.3 is 6.11 Å². The Balaban J connectivity index is 1.34. The van der Waals surface area contributed by atoms with Gasteiger partial charge in [-0.05, 0) is 71.0 Å². The molecule has 2 aliphatic rings. The molecule has 0 atom stereocenters. The van der Waals surface area contributed by atoms with Crippen molar-refractivity contribution in [3.8, 4) is 17.0 Å². The van der Waals surface area contributed by atoms with Crippen molar-refractivity contribution in [1.82, 2.24) is 19.9 Å². The molecule has 0 aliphatic carbocycles. The Bertz CT molecular complexity index is 1350. The van der Waals surface area contributed by atoms with E-state index in [9.17, 15) is 17.6 Å². The SMILES string of the molecule is CC(C)N1CC(F)(F)Oc2c(F)cc(-c3nc(Nc4ccc(N5CCC(CN(C)C)CC5)cn4)ncc3F)cc21. The van der Waals surface area contributed by atoms with E-state index in [1.165, 1.54) is 11.0 Å². The van der Waals surface area contributed by atoms with Crippen LogP contribution in [0.25, 0.3) is 11.3 Å². The molecule has 0 saturated carbocycles. The quantitative estimate of drug-likeness (QED) is 0.379. The summed E-state index contributed by atoms with van der Waals surface area (Å²) in [6, 6.07) is 5.71. The Kier molecular flexibility index (Phi) is 7.72. The van der Waals surface area contributed by atoms with Gasteiger partial charge in [-0.25, -0.2) is 23.7 Å². The van der Waals surface area contributed by atoms with E-state index in [2.05, 4.69) is 48.9 Å². The first kappa shape index (κ1) is 27.9. The van der Waals surface area contributed by atoms with Gasteiger partial charge in [0.2, 0.25) is 5.95 Å². The Morgan fingerprint density at radius 1 is 1.07 bits per heavy atom. The van der Waals surface area contributed by atoms with E-state index in [-0.39, 0.29) is 28.9 Å². The fourth-order valence-electron chi connectivity index (χ4n) is 5.24. The fourth-order valence-corrected chi connectivity index (χ4v) is 5.24. The zero-order chi connectivity index (χ0) is 28.6. The molecule has 3 aromatic rings. The van der Waals surface area contributed by atoms with Crippen LogP contribution in [0.4, 0.5) is 40.7 Å². The molecule has 2 aliphatic heterocycles. The van der Waals surface area contributed by atoms with Crippen LogP contribution in [0, 0.1) is 17.6 Å². The summed E-state index contributed by atoms with van der Waals surface area (Å²) in [6.07, 6.45) is 1.43. The zero-order valence-electron chi connectivity index (χ0n) is 23.0. The molecule has 12 heteroatoms. The van der Waals surface area contributed by atoms with Gasteiger partial charge in [-0.3, -0.25) is 0 Å². The van der Waals surface area contributed by atoms with Gasteiger partial charge in [-0.15, -0.1) is 0 Å². The summed E-state index contributed by atoms with van der Waals surface area (Å²) in [5.41, 5.74) is 1.00. The van der Waals surface area contributed by atoms with Crippen molar-refractivity contribution >= 4 is 23.1 Å². The molecule has 4 heterocycles. The molecule has 0 spiro atoms. The van der Waals surface area contributed by atoms with Crippen LogP contribution in [0.3, 0.4) is 0 Å². The number of benzene rings is 1. The fraction of sp³-hybridized carbons (Fsp3) is 0.464. The van der Waals surface area contributed by atoms with E-state index in [4.69, 9.17) is 0 Å². The van der Waals surface area contributed by atoms with Crippen molar-refractivity contribution < 1.29 is 22.3 Å². The van der Waals surface area contributed by atoms with Crippen molar-refractivity contribution in [3.63, 3.8) is 0 Å². The lowest BCUT2D eigenvalue weighted by Crippen LogP contribution is -2.48. The molecule has 0 bridgehead atoms. The average molecular weight is 560 g/mol. The molecule has 1 N–H and O–H groups in total. The molecule has 214 valence electrons. The number of hydrogen-bond donors (Lipinski definition) is 1. The minimum absolute atomic E-state index is 0.0581. The molecular weight excluding hydrogens is 526 g/mol. The molecule has 2 aromatic heterocycles. The van der Waals surface area contributed by atoms with Crippen LogP contribution in [0.5, 0.6) is 5.75 Å². The normalized spacial score (nSPS) is 17.2. The van der Waals surface area contributed by atoms with E-state index < -0.39 is 30.0 Å². The van der Waals surface area contributed by atoms with Gasteiger partial charge in [0.05, 0.1) is 23.8 Å². The Hall–Kier alpha value is -3.67. The highest BCUT2D eigenvalue weighted by Crippen LogP contribution is 2.44. The first-order chi connectivity index (χ1) is 19.0. The second-order valence-electron chi connectivity index (χ2n) is 10.9. The second kappa shape index (κ2) is 11.1. The number of alkyl halides is 2. The number of fused-ring (bicyclic) bond motifs is 1. The molecular formula is C28H33F4N7O. The van der Waals surface area contributed by atoms with E-state index in [1.807, 2.05) is 6.07 Å². The number of aromatic nitrogens is 3. The zero-order valence-corrected chi connectivity index (χ0v) is 23.0. The number of halogens is 4. The summed E-state index contributed by atoms with van der Waals surface area (Å²) >= 11 is 0. The predicted octanol–water partition coefficient (Wildman–Crippen LogP) is 5.54. The third-order valence-corrected chi connectivity index (χ3v) is 7.17. The monoisotopic (exact) mass is 559 g/mol. The maximum absolute atomic E-state index is 15.0. The van der Waals surface area contributed by atoms with Crippen molar-refractivity contribution in [2.75, 3.05) is 55.4 Å². The van der Waals surface area contributed by atoms with Gasteiger partial charge < -0.3 is 24.8 Å². The van der Waals surface area contributed by atoms with Crippen LogP contribution in [0.1, 0.15) is 26.7 Å². The number of rotatable bonds is 7. The number of hydrogen-bond acceptors (Lipinski definition) is 8. The highest BCUT2D eigenvalue weighted by atomic mass is 19.3. The maximum Gasteiger partial charge on any atom is 0.416 e. The van der Waals surface area contributed by atoms with Gasteiger partial charge in [0.15, 0.2) is 17.4 Å². The van der Waals surface area contributed by atoms with Crippen LogP contribution in [0.2, 0.25) is 0 Å². The smallest absolute Gasteiger partial charge is 0.416 e. The topological polar surface area (TPSA) is 69.7 Å². The van der Waals surface area contributed by atoms with Gasteiger partial charge in [0.1, 0.15) is 18.1 Å². The third kappa shape index (κ3) is 6.06. The lowest BCUT2D eigenvalue weighted by Gasteiger charge is -2.38. The Labute approximate surface area is 231 Å². The Morgan fingerprint density at radius 2 is 1.82 bits per heavy atom. The molecule has 8 nitrogen and oxygen atoms in total. The number of nitrogens with zero attached hydrogens (tertiary/aromatic N) is 6. The molecule has 1 fully saturated rings. The van der Waals surface area contributed by atoms with Gasteiger partial charge in [0.25, 0.3) is 0 Å². The summed E-state index contributed by atoms with van der Waals surface area (Å²) < 4.78 is 62.6. The summed E-state index contributed by atoms with van der Waals surface area (Å²) in [5.74, 6) is -1.19. The summed E-state index contributed by atoms with van der Waals surface area (Å²) in [7, 11) is 4.19. The minimum Gasteiger partial charge on any atom is -0.426 e. The van der Waals surface area contributed by atoms with Crippen LogP contribution < -0.4 is 19.9 Å². The molecule has 1 saturated heterocycles. The molecule has 1 aromatic carbocycles. The summed E-state index contributed by atoms with van der Waals surface area (Å²) in [5, 5.41) is 2.96. The van der Waals surface area contributed by atoms with Crippen molar-refractivity contribution in [1.29, 1.82) is 0 Å². The van der Waals surface area contributed by atoms with Gasteiger partial charge in [0, 0.05) is 31.2 Å². The van der Waals surface area contributed by atoms with Gasteiger partial charge in [-0.1, -0.05) is 0 Å². The number of nitrogens with one attached hydrogen (secondary N) is 1. The van der Waals surface area contributed by atoms with Crippen LogP contribution in [-0.2, 0) is 0 Å². The Morgan fingerprint density at radius 3 is 2.48 bits per heavy atom. The van der Waals surface area contributed by atoms with Crippen LogP contribution in [-0.4, -0.2) is 72.3 Å². The van der Waals surface area contributed by atoms with Gasteiger partial charge in [-0.2, -0.15) is 8.78 Å². The number of ether oxygens (including phenoxy) is 1. The number of piperidine rings is 1.